The lowest BCUT2D eigenvalue weighted by Gasteiger charge is -2.25. The van der Waals surface area contributed by atoms with Crippen LogP contribution in [0.15, 0.2) is 18.2 Å². The Kier molecular flexibility index (Phi) is 4.06. The molecule has 17 heavy (non-hydrogen) atoms. The standard InChI is InChI=1S/C15H22O2/c1-11-8-9-15(14(10-11)12(2)16)17-13-6-4-3-5-7-13/h8-10,12-13,16H,3-7H2,1-2H3. The van der Waals surface area contributed by atoms with Gasteiger partial charge in [0.1, 0.15) is 5.75 Å². The minimum Gasteiger partial charge on any atom is -0.490 e. The first-order valence-corrected chi connectivity index (χ1v) is 6.62. The van der Waals surface area contributed by atoms with Gasteiger partial charge in [-0.25, -0.2) is 0 Å². The van der Waals surface area contributed by atoms with Crippen LogP contribution in [0.4, 0.5) is 0 Å². The number of hydrogen-bond acceptors (Lipinski definition) is 2. The average Bonchev–Trinajstić information content (AvgIpc) is 2.32. The fraction of sp³-hybridized carbons (Fsp3) is 0.600. The highest BCUT2D eigenvalue weighted by Crippen LogP contribution is 2.30. The summed E-state index contributed by atoms with van der Waals surface area (Å²) in [5, 5.41) is 9.78. The summed E-state index contributed by atoms with van der Waals surface area (Å²) in [4.78, 5) is 0. The number of aliphatic hydroxyl groups excluding tert-OH is 1. The Labute approximate surface area is 104 Å². The van der Waals surface area contributed by atoms with Gasteiger partial charge in [0.2, 0.25) is 0 Å². The van der Waals surface area contributed by atoms with E-state index in [0.717, 1.165) is 29.7 Å². The molecule has 0 heterocycles. The quantitative estimate of drug-likeness (QED) is 0.863. The predicted molar refractivity (Wildman–Crippen MR) is 69.3 cm³/mol. The third kappa shape index (κ3) is 3.22. The molecular weight excluding hydrogens is 212 g/mol. The second kappa shape index (κ2) is 5.54. The van der Waals surface area contributed by atoms with Crippen LogP contribution in [-0.4, -0.2) is 11.2 Å². The molecule has 1 atom stereocenters. The molecule has 1 N–H and O–H groups in total. The van der Waals surface area contributed by atoms with Crippen molar-refractivity contribution < 1.29 is 9.84 Å². The van der Waals surface area contributed by atoms with Crippen molar-refractivity contribution in [2.45, 2.75) is 58.2 Å². The third-order valence-electron chi connectivity index (χ3n) is 3.46. The fourth-order valence-corrected chi connectivity index (χ4v) is 2.46. The molecule has 1 aliphatic carbocycles. The molecular formula is C15H22O2. The van der Waals surface area contributed by atoms with Gasteiger partial charge in [-0.1, -0.05) is 18.1 Å². The van der Waals surface area contributed by atoms with Gasteiger partial charge >= 0.3 is 0 Å². The van der Waals surface area contributed by atoms with E-state index < -0.39 is 6.10 Å². The summed E-state index contributed by atoms with van der Waals surface area (Å²) in [6.45, 7) is 3.83. The molecule has 0 bridgehead atoms. The molecule has 0 aliphatic heterocycles. The minimum atomic E-state index is -0.464. The normalized spacial score (nSPS) is 19.0. The van der Waals surface area contributed by atoms with Crippen LogP contribution in [0.5, 0.6) is 5.75 Å². The van der Waals surface area contributed by atoms with E-state index >= 15 is 0 Å². The first-order valence-electron chi connectivity index (χ1n) is 6.62. The lowest BCUT2D eigenvalue weighted by Crippen LogP contribution is -2.20. The monoisotopic (exact) mass is 234 g/mol. The van der Waals surface area contributed by atoms with Gasteiger partial charge in [-0.05, 0) is 51.7 Å². The van der Waals surface area contributed by atoms with Crippen LogP contribution >= 0.6 is 0 Å². The van der Waals surface area contributed by atoms with Crippen LogP contribution in [0.2, 0.25) is 0 Å². The summed E-state index contributed by atoms with van der Waals surface area (Å²) in [5.41, 5.74) is 2.08. The molecule has 1 aromatic rings. The Bertz CT molecular complexity index is 365. The number of aliphatic hydroxyl groups is 1. The molecule has 0 radical (unpaired) electrons. The Hall–Kier alpha value is -1.02. The second-order valence-electron chi connectivity index (χ2n) is 5.10. The van der Waals surface area contributed by atoms with Crippen molar-refractivity contribution in [1.82, 2.24) is 0 Å². The smallest absolute Gasteiger partial charge is 0.125 e. The van der Waals surface area contributed by atoms with Crippen molar-refractivity contribution in [2.75, 3.05) is 0 Å². The molecule has 0 spiro atoms. The largest absolute Gasteiger partial charge is 0.490 e. The van der Waals surface area contributed by atoms with Crippen LogP contribution in [-0.2, 0) is 0 Å². The van der Waals surface area contributed by atoms with Gasteiger partial charge in [-0.2, -0.15) is 0 Å². The lowest BCUT2D eigenvalue weighted by atomic mass is 9.97. The summed E-state index contributed by atoms with van der Waals surface area (Å²) in [7, 11) is 0. The molecule has 94 valence electrons. The van der Waals surface area contributed by atoms with E-state index in [1.165, 1.54) is 19.3 Å². The summed E-state index contributed by atoms with van der Waals surface area (Å²) in [6.07, 6.45) is 6.02. The zero-order valence-electron chi connectivity index (χ0n) is 10.8. The van der Waals surface area contributed by atoms with E-state index in [-0.39, 0.29) is 0 Å². The Morgan fingerprint density at radius 3 is 2.59 bits per heavy atom. The number of ether oxygens (including phenoxy) is 1. The predicted octanol–water partition coefficient (Wildman–Crippen LogP) is 3.76. The first-order chi connectivity index (χ1) is 8.16. The highest BCUT2D eigenvalue weighted by molar-refractivity contribution is 5.38. The topological polar surface area (TPSA) is 29.5 Å². The number of aryl methyl sites for hydroxylation is 1. The molecule has 1 aromatic carbocycles. The summed E-state index contributed by atoms with van der Waals surface area (Å²) in [6, 6.07) is 6.05. The van der Waals surface area contributed by atoms with Crippen LogP contribution < -0.4 is 4.74 Å². The number of hydrogen-bond donors (Lipinski definition) is 1. The number of rotatable bonds is 3. The molecule has 0 saturated heterocycles. The van der Waals surface area contributed by atoms with Gasteiger partial charge in [-0.3, -0.25) is 0 Å². The maximum absolute atomic E-state index is 9.78. The molecule has 0 amide bonds. The summed E-state index contributed by atoms with van der Waals surface area (Å²) < 4.78 is 6.04. The zero-order chi connectivity index (χ0) is 12.3. The maximum atomic E-state index is 9.78. The van der Waals surface area contributed by atoms with Crippen molar-refractivity contribution >= 4 is 0 Å². The van der Waals surface area contributed by atoms with Gasteiger partial charge in [0.05, 0.1) is 12.2 Å². The maximum Gasteiger partial charge on any atom is 0.125 e. The molecule has 1 unspecified atom stereocenters. The first kappa shape index (κ1) is 12.4. The van der Waals surface area contributed by atoms with E-state index in [2.05, 4.69) is 0 Å². The Balaban J connectivity index is 2.13. The minimum absolute atomic E-state index is 0.337. The SMILES string of the molecule is Cc1ccc(OC2CCCCC2)c(C(C)O)c1. The molecule has 2 rings (SSSR count). The Morgan fingerprint density at radius 1 is 1.24 bits per heavy atom. The van der Waals surface area contributed by atoms with Crippen LogP contribution in [0, 0.1) is 6.92 Å². The van der Waals surface area contributed by atoms with E-state index in [4.69, 9.17) is 4.74 Å². The van der Waals surface area contributed by atoms with E-state index in [9.17, 15) is 5.11 Å². The average molecular weight is 234 g/mol. The molecule has 2 nitrogen and oxygen atoms in total. The fourth-order valence-electron chi connectivity index (χ4n) is 2.46. The molecule has 1 fully saturated rings. The molecule has 0 aromatic heterocycles. The molecule has 1 aliphatic rings. The lowest BCUT2D eigenvalue weighted by molar-refractivity contribution is 0.142. The van der Waals surface area contributed by atoms with Crippen molar-refractivity contribution in [3.8, 4) is 5.75 Å². The van der Waals surface area contributed by atoms with Crippen molar-refractivity contribution in [1.29, 1.82) is 0 Å². The third-order valence-corrected chi connectivity index (χ3v) is 3.46. The molecule has 1 saturated carbocycles. The van der Waals surface area contributed by atoms with Crippen LogP contribution in [0.3, 0.4) is 0 Å². The summed E-state index contributed by atoms with van der Waals surface area (Å²) in [5.74, 6) is 0.859. The van der Waals surface area contributed by atoms with Gasteiger partial charge in [0.15, 0.2) is 0 Å². The van der Waals surface area contributed by atoms with Crippen LogP contribution in [0.25, 0.3) is 0 Å². The van der Waals surface area contributed by atoms with Crippen LogP contribution in [0.1, 0.15) is 56.3 Å². The summed E-state index contributed by atoms with van der Waals surface area (Å²) >= 11 is 0. The van der Waals surface area contributed by atoms with Crippen molar-refractivity contribution in [3.05, 3.63) is 29.3 Å². The van der Waals surface area contributed by atoms with E-state index in [1.54, 1.807) is 6.92 Å². The van der Waals surface area contributed by atoms with Crippen molar-refractivity contribution in [2.24, 2.45) is 0 Å². The number of benzene rings is 1. The van der Waals surface area contributed by atoms with Crippen molar-refractivity contribution in [3.63, 3.8) is 0 Å². The van der Waals surface area contributed by atoms with E-state index in [0.29, 0.717) is 6.10 Å². The Morgan fingerprint density at radius 2 is 1.94 bits per heavy atom. The van der Waals surface area contributed by atoms with Gasteiger partial charge in [-0.15, -0.1) is 0 Å². The molecule has 2 heteroatoms. The second-order valence-corrected chi connectivity index (χ2v) is 5.10. The van der Waals surface area contributed by atoms with Gasteiger partial charge in [0, 0.05) is 5.56 Å². The highest BCUT2D eigenvalue weighted by Gasteiger charge is 2.17. The van der Waals surface area contributed by atoms with Gasteiger partial charge < -0.3 is 9.84 Å². The van der Waals surface area contributed by atoms with E-state index in [1.807, 2.05) is 25.1 Å². The zero-order valence-corrected chi connectivity index (χ0v) is 10.8. The highest BCUT2D eigenvalue weighted by atomic mass is 16.5. The van der Waals surface area contributed by atoms with Gasteiger partial charge in [0.25, 0.3) is 0 Å².